The van der Waals surface area contributed by atoms with Gasteiger partial charge in [0.05, 0.1) is 22.3 Å². The van der Waals surface area contributed by atoms with Crippen LogP contribution in [0.3, 0.4) is 0 Å². The Bertz CT molecular complexity index is 1040. The van der Waals surface area contributed by atoms with Gasteiger partial charge in [-0.3, -0.25) is 9.48 Å². The van der Waals surface area contributed by atoms with E-state index >= 15 is 0 Å². The topological polar surface area (TPSA) is 81.1 Å². The summed E-state index contributed by atoms with van der Waals surface area (Å²) < 4.78 is 26.9. The van der Waals surface area contributed by atoms with Crippen LogP contribution in [0.25, 0.3) is 0 Å². The van der Waals surface area contributed by atoms with Gasteiger partial charge in [0.1, 0.15) is 0 Å². The van der Waals surface area contributed by atoms with Crippen molar-refractivity contribution in [3.05, 3.63) is 78.1 Å². The molecule has 0 bridgehead atoms. The quantitative estimate of drug-likeness (QED) is 0.708. The Labute approximate surface area is 158 Å². The van der Waals surface area contributed by atoms with Crippen molar-refractivity contribution in [2.45, 2.75) is 30.5 Å². The summed E-state index contributed by atoms with van der Waals surface area (Å²) in [5.41, 5.74) is 1.71. The van der Waals surface area contributed by atoms with Crippen LogP contribution >= 0.6 is 0 Å². The van der Waals surface area contributed by atoms with Gasteiger partial charge >= 0.3 is 0 Å². The molecule has 1 N–H and O–H groups in total. The molecular formula is C20H21N3O3S. The van der Waals surface area contributed by atoms with Crippen molar-refractivity contribution in [1.29, 1.82) is 0 Å². The van der Waals surface area contributed by atoms with Crippen LogP contribution in [0.1, 0.15) is 29.8 Å². The number of nitrogens with one attached hydrogen (secondary N) is 1. The molecule has 140 valence electrons. The second-order valence-electron chi connectivity index (χ2n) is 6.45. The maximum absolute atomic E-state index is 12.7. The van der Waals surface area contributed by atoms with E-state index in [4.69, 9.17) is 0 Å². The van der Waals surface area contributed by atoms with Crippen LogP contribution in [0.4, 0.5) is 5.69 Å². The van der Waals surface area contributed by atoms with Crippen molar-refractivity contribution in [1.82, 2.24) is 9.78 Å². The lowest BCUT2D eigenvalue weighted by molar-refractivity contribution is 0.102. The molecule has 2 aromatic carbocycles. The highest BCUT2D eigenvalue weighted by atomic mass is 32.2. The average molecular weight is 383 g/mol. The molecule has 0 radical (unpaired) electrons. The fourth-order valence-electron chi connectivity index (χ4n) is 2.68. The number of carbonyl (C=O) groups excluding carboxylic acids is 1. The van der Waals surface area contributed by atoms with Gasteiger partial charge in [0.15, 0.2) is 9.84 Å². The van der Waals surface area contributed by atoms with Crippen molar-refractivity contribution in [2.75, 3.05) is 5.32 Å². The molecule has 6 nitrogen and oxygen atoms in total. The predicted octanol–water partition coefficient (Wildman–Crippen LogP) is 3.37. The number of hydrogen-bond donors (Lipinski definition) is 1. The zero-order valence-electron chi connectivity index (χ0n) is 15.2. The highest BCUT2D eigenvalue weighted by molar-refractivity contribution is 7.92. The summed E-state index contributed by atoms with van der Waals surface area (Å²) in [5, 5.41) is 6.36. The van der Waals surface area contributed by atoms with E-state index in [-0.39, 0.29) is 10.5 Å². The minimum atomic E-state index is -3.56. The maximum Gasteiger partial charge on any atom is 0.256 e. The minimum absolute atomic E-state index is 0.0465. The Balaban J connectivity index is 1.85. The lowest BCUT2D eigenvalue weighted by Crippen LogP contribution is -2.20. The van der Waals surface area contributed by atoms with Crippen LogP contribution in [-0.4, -0.2) is 29.4 Å². The van der Waals surface area contributed by atoms with Crippen molar-refractivity contribution in [2.24, 2.45) is 0 Å². The lowest BCUT2D eigenvalue weighted by atomic mass is 10.1. The third-order valence-electron chi connectivity index (χ3n) is 4.15. The molecule has 1 amide bonds. The molecule has 0 aliphatic rings. The first kappa shape index (κ1) is 18.8. The van der Waals surface area contributed by atoms with Gasteiger partial charge in [0.25, 0.3) is 5.91 Å². The number of sulfone groups is 1. The van der Waals surface area contributed by atoms with Crippen LogP contribution < -0.4 is 5.32 Å². The van der Waals surface area contributed by atoms with Crippen molar-refractivity contribution >= 4 is 21.4 Å². The van der Waals surface area contributed by atoms with Gasteiger partial charge in [0, 0.05) is 18.1 Å². The van der Waals surface area contributed by atoms with E-state index in [1.807, 2.05) is 30.5 Å². The Morgan fingerprint density at radius 2 is 1.89 bits per heavy atom. The van der Waals surface area contributed by atoms with Gasteiger partial charge in [-0.1, -0.05) is 24.3 Å². The number of rotatable bonds is 6. The standard InChI is InChI=1S/C20H21N3O3S/c1-15(2)27(25,26)19-10-4-3-9-18(19)20(24)22-17-8-5-7-16(13-17)14-23-12-6-11-21-23/h3-13,15H,14H2,1-2H3,(H,22,24). The molecule has 3 aromatic rings. The van der Waals surface area contributed by atoms with Crippen LogP contribution in [0, 0.1) is 0 Å². The normalized spacial score (nSPS) is 11.5. The van der Waals surface area contributed by atoms with Crippen molar-refractivity contribution < 1.29 is 13.2 Å². The molecule has 0 spiro atoms. The molecule has 0 atom stereocenters. The second kappa shape index (κ2) is 7.75. The van der Waals surface area contributed by atoms with E-state index in [2.05, 4.69) is 10.4 Å². The third-order valence-corrected chi connectivity index (χ3v) is 6.36. The molecule has 1 aromatic heterocycles. The number of amides is 1. The van der Waals surface area contributed by atoms with Crippen LogP contribution in [-0.2, 0) is 16.4 Å². The first-order valence-electron chi connectivity index (χ1n) is 8.58. The summed E-state index contributed by atoms with van der Waals surface area (Å²) in [5.74, 6) is -0.453. The summed E-state index contributed by atoms with van der Waals surface area (Å²) in [7, 11) is -3.56. The summed E-state index contributed by atoms with van der Waals surface area (Å²) in [6.45, 7) is 3.78. The van der Waals surface area contributed by atoms with Gasteiger partial charge in [-0.2, -0.15) is 5.10 Å². The second-order valence-corrected chi connectivity index (χ2v) is 8.92. The number of anilines is 1. The predicted molar refractivity (Wildman–Crippen MR) is 104 cm³/mol. The smallest absolute Gasteiger partial charge is 0.256 e. The van der Waals surface area contributed by atoms with Crippen LogP contribution in [0.5, 0.6) is 0 Å². The summed E-state index contributed by atoms with van der Waals surface area (Å²) >= 11 is 0. The molecule has 7 heteroatoms. The molecule has 3 rings (SSSR count). The maximum atomic E-state index is 12.7. The van der Waals surface area contributed by atoms with Gasteiger partial charge in [0.2, 0.25) is 0 Å². The monoisotopic (exact) mass is 383 g/mol. The van der Waals surface area contributed by atoms with Gasteiger partial charge < -0.3 is 5.32 Å². The summed E-state index contributed by atoms with van der Waals surface area (Å²) in [6.07, 6.45) is 3.57. The summed E-state index contributed by atoms with van der Waals surface area (Å²) in [4.78, 5) is 12.8. The zero-order chi connectivity index (χ0) is 19.4. The van der Waals surface area contributed by atoms with E-state index in [1.54, 1.807) is 42.9 Å². The lowest BCUT2D eigenvalue weighted by Gasteiger charge is -2.13. The highest BCUT2D eigenvalue weighted by Crippen LogP contribution is 2.22. The van der Waals surface area contributed by atoms with E-state index in [9.17, 15) is 13.2 Å². The van der Waals surface area contributed by atoms with Crippen molar-refractivity contribution in [3.63, 3.8) is 0 Å². The zero-order valence-corrected chi connectivity index (χ0v) is 16.0. The molecule has 27 heavy (non-hydrogen) atoms. The molecular weight excluding hydrogens is 362 g/mol. The summed E-state index contributed by atoms with van der Waals surface area (Å²) in [6, 6.07) is 15.5. The fourth-order valence-corrected chi connectivity index (χ4v) is 3.93. The van der Waals surface area contributed by atoms with E-state index in [0.29, 0.717) is 12.2 Å². The Hall–Kier alpha value is -2.93. The Morgan fingerprint density at radius 3 is 2.59 bits per heavy atom. The third kappa shape index (κ3) is 4.25. The Morgan fingerprint density at radius 1 is 1.11 bits per heavy atom. The van der Waals surface area contributed by atoms with Gasteiger partial charge in [-0.05, 0) is 49.7 Å². The molecule has 1 heterocycles. The van der Waals surface area contributed by atoms with E-state index < -0.39 is 21.0 Å². The molecule has 0 fully saturated rings. The first-order chi connectivity index (χ1) is 12.9. The van der Waals surface area contributed by atoms with E-state index in [0.717, 1.165) is 5.56 Å². The highest BCUT2D eigenvalue weighted by Gasteiger charge is 2.25. The number of aromatic nitrogens is 2. The molecule has 0 saturated carbocycles. The number of nitrogens with zero attached hydrogens (tertiary/aromatic N) is 2. The number of hydrogen-bond acceptors (Lipinski definition) is 4. The Kier molecular flexibility index (Phi) is 5.41. The number of benzene rings is 2. The molecule has 0 aliphatic carbocycles. The van der Waals surface area contributed by atoms with Gasteiger partial charge in [-0.15, -0.1) is 0 Å². The number of carbonyl (C=O) groups is 1. The SMILES string of the molecule is CC(C)S(=O)(=O)c1ccccc1C(=O)Nc1cccc(Cn2cccn2)c1. The van der Waals surface area contributed by atoms with Gasteiger partial charge in [-0.25, -0.2) is 8.42 Å². The first-order valence-corrected chi connectivity index (χ1v) is 10.1. The fraction of sp³-hybridized carbons (Fsp3) is 0.200. The largest absolute Gasteiger partial charge is 0.322 e. The van der Waals surface area contributed by atoms with Crippen LogP contribution in [0.15, 0.2) is 71.9 Å². The molecule has 0 saturated heterocycles. The van der Waals surface area contributed by atoms with E-state index in [1.165, 1.54) is 12.1 Å². The average Bonchev–Trinajstić information content (AvgIpc) is 3.15. The minimum Gasteiger partial charge on any atom is -0.322 e. The van der Waals surface area contributed by atoms with Crippen LogP contribution in [0.2, 0.25) is 0 Å². The molecule has 0 unspecified atom stereocenters. The van der Waals surface area contributed by atoms with Crippen molar-refractivity contribution in [3.8, 4) is 0 Å². The molecule has 0 aliphatic heterocycles.